The van der Waals surface area contributed by atoms with Crippen LogP contribution in [-0.2, 0) is 17.8 Å². The number of aliphatic hydroxyl groups excluding tert-OH is 1. The van der Waals surface area contributed by atoms with Gasteiger partial charge in [0.05, 0.1) is 13.0 Å². The zero-order chi connectivity index (χ0) is 8.97. The molecule has 1 rings (SSSR count). The van der Waals surface area contributed by atoms with Crippen LogP contribution < -0.4 is 0 Å². The number of rotatable bonds is 3. The monoisotopic (exact) mass is 437 g/mol. The SMILES string of the molecule is O=C(O)Cc1ccc(CO)cc1.[Sg]. The summed E-state index contributed by atoms with van der Waals surface area (Å²) in [6.07, 6.45) is 0.0334. The number of hydrogen-bond donors (Lipinski definition) is 2. The van der Waals surface area contributed by atoms with Crippen LogP contribution in [0.15, 0.2) is 24.3 Å². The number of aliphatic carboxylic acids is 1. The van der Waals surface area contributed by atoms with Crippen LogP contribution >= 0.6 is 0 Å². The number of aliphatic hydroxyl groups is 1. The smallest absolute Gasteiger partial charge is 0.307 e. The van der Waals surface area contributed by atoms with Crippen LogP contribution in [0.4, 0.5) is 0 Å². The molecule has 0 fully saturated rings. The Morgan fingerprint density at radius 3 is 2.00 bits per heavy atom. The fourth-order valence-corrected chi connectivity index (χ4v) is 0.937. The van der Waals surface area contributed by atoms with Gasteiger partial charge in [0.25, 0.3) is 0 Å². The average molecular weight is 435 g/mol. The van der Waals surface area contributed by atoms with E-state index >= 15 is 0 Å². The van der Waals surface area contributed by atoms with Crippen LogP contribution in [0, 0.1) is 0 Å². The normalized spacial score (nSPS) is 9.00. The number of hydrogen-bond acceptors (Lipinski definition) is 2. The summed E-state index contributed by atoms with van der Waals surface area (Å²) in [5.74, 6) is -0.841. The molecular weight excluding hydrogens is 425 g/mol. The van der Waals surface area contributed by atoms with Gasteiger partial charge in [-0.1, -0.05) is 24.3 Å². The van der Waals surface area contributed by atoms with E-state index in [1.165, 1.54) is 0 Å². The molecule has 0 unspecified atom stereocenters. The first kappa shape index (κ1) is 10.7. The molecule has 0 saturated heterocycles. The molecule has 66 valence electrons. The molecule has 1 aromatic carbocycles. The molecule has 2 N–H and O–H groups in total. The van der Waals surface area contributed by atoms with Gasteiger partial charge in [-0.2, -0.15) is 0 Å². The van der Waals surface area contributed by atoms with Crippen molar-refractivity contribution in [2.45, 2.75) is 13.0 Å². The van der Waals surface area contributed by atoms with Crippen molar-refractivity contribution in [1.82, 2.24) is 0 Å². The van der Waals surface area contributed by atoms with E-state index < -0.39 is 5.97 Å². The Kier molecular flexibility index (Phi) is 3.70. The molecule has 0 heterocycles. The van der Waals surface area contributed by atoms with E-state index in [0.29, 0.717) is 0 Å². The molecule has 0 spiro atoms. The fourth-order valence-electron chi connectivity index (χ4n) is 0.937. The van der Waals surface area contributed by atoms with Crippen molar-refractivity contribution in [3.8, 4) is 0 Å². The van der Waals surface area contributed by atoms with Crippen molar-refractivity contribution in [1.29, 1.82) is 0 Å². The van der Waals surface area contributed by atoms with Gasteiger partial charge in [-0.25, -0.2) is 0 Å². The minimum Gasteiger partial charge on any atom is -0.481 e. The first-order valence-electron chi connectivity index (χ1n) is 3.63. The predicted molar refractivity (Wildman–Crippen MR) is 43.7 cm³/mol. The third-order valence-corrected chi connectivity index (χ3v) is 1.56. The molecule has 0 aliphatic carbocycles. The summed E-state index contributed by atoms with van der Waals surface area (Å²) in [6, 6.07) is 6.86. The summed E-state index contributed by atoms with van der Waals surface area (Å²) in [5, 5.41) is 17.1. The van der Waals surface area contributed by atoms with Gasteiger partial charge < -0.3 is 10.2 Å². The van der Waals surface area contributed by atoms with Crippen LogP contribution in [0.2, 0.25) is 0 Å². The van der Waals surface area contributed by atoms with E-state index in [0.717, 1.165) is 11.1 Å². The molecule has 0 aromatic heterocycles. The molecule has 0 bridgehead atoms. The summed E-state index contributed by atoms with van der Waals surface area (Å²) in [4.78, 5) is 10.3. The average Bonchev–Trinajstić information content (AvgIpc) is 2.05. The summed E-state index contributed by atoms with van der Waals surface area (Å²) in [5.41, 5.74) is 1.55. The van der Waals surface area contributed by atoms with E-state index in [4.69, 9.17) is 10.2 Å². The quantitative estimate of drug-likeness (QED) is 0.739. The zero-order valence-corrected chi connectivity index (χ0v) is 13.7. The van der Waals surface area contributed by atoms with Crippen LogP contribution in [0.25, 0.3) is 0 Å². The minimum absolute atomic E-state index is 0. The van der Waals surface area contributed by atoms with E-state index in [2.05, 4.69) is 0 Å². The van der Waals surface area contributed by atoms with Gasteiger partial charge >= 0.3 is 5.97 Å². The van der Waals surface area contributed by atoms with E-state index in [-0.39, 0.29) is 13.0 Å². The number of carboxylic acid groups (broad SMARTS) is 1. The van der Waals surface area contributed by atoms with Crippen LogP contribution in [0.3, 0.4) is 0 Å². The topological polar surface area (TPSA) is 57.5 Å². The Balaban J connectivity index is 0.00000144. The van der Waals surface area contributed by atoms with Crippen molar-refractivity contribution < 1.29 is 15.0 Å². The van der Waals surface area contributed by atoms with Crippen molar-refractivity contribution in [2.75, 3.05) is 0 Å². The molecule has 1 aromatic rings. The zero-order valence-electron chi connectivity index (χ0n) is 7.23. The Morgan fingerprint density at radius 1 is 1.15 bits per heavy atom. The molecule has 3 nitrogen and oxygen atoms in total. The summed E-state index contributed by atoms with van der Waals surface area (Å²) < 4.78 is 0. The van der Waals surface area contributed by atoms with Gasteiger partial charge in [0.2, 0.25) is 0 Å². The molecule has 0 amide bonds. The summed E-state index contributed by atoms with van der Waals surface area (Å²) in [6.45, 7) is -0.00660. The Hall–Kier alpha value is -2.35. The van der Waals surface area contributed by atoms with Crippen LogP contribution in [0.5, 0.6) is 0 Å². The maximum Gasteiger partial charge on any atom is 0.307 e. The molecule has 13 heavy (non-hydrogen) atoms. The molecular formula is C9H10O3Sg. The summed E-state index contributed by atoms with van der Waals surface area (Å²) in [7, 11) is 0. The van der Waals surface area contributed by atoms with Gasteiger partial charge in [0.15, 0.2) is 0 Å². The van der Waals surface area contributed by atoms with Crippen molar-refractivity contribution in [2.24, 2.45) is 0 Å². The molecule has 0 aliphatic heterocycles. The summed E-state index contributed by atoms with van der Waals surface area (Å²) >= 11 is 0. The third-order valence-electron chi connectivity index (χ3n) is 1.56. The second-order valence-electron chi connectivity index (χ2n) is 2.55. The van der Waals surface area contributed by atoms with Gasteiger partial charge in [0, 0.05) is 0 Å². The maximum atomic E-state index is 10.3. The van der Waals surface area contributed by atoms with Gasteiger partial charge in [0.1, 0.15) is 0 Å². The largest absolute Gasteiger partial charge is 0.481 e. The molecule has 0 atom stereocenters. The van der Waals surface area contributed by atoms with Crippen molar-refractivity contribution in [3.63, 3.8) is 0 Å². The number of benzene rings is 1. The minimum atomic E-state index is -0.841. The van der Waals surface area contributed by atoms with E-state index in [9.17, 15) is 4.79 Å². The second-order valence-corrected chi connectivity index (χ2v) is 2.55. The first-order valence-corrected chi connectivity index (χ1v) is 3.63. The fraction of sp³-hybridized carbons (Fsp3) is 0.222. The molecule has 4 heteroatoms. The first-order chi connectivity index (χ1) is 5.72. The molecule has 0 radical (unpaired) electrons. The van der Waals surface area contributed by atoms with E-state index in [1.807, 2.05) is 0 Å². The van der Waals surface area contributed by atoms with Crippen LogP contribution in [-0.4, -0.2) is 16.2 Å². The van der Waals surface area contributed by atoms with E-state index in [1.54, 1.807) is 24.3 Å². The van der Waals surface area contributed by atoms with Gasteiger partial charge in [-0.15, -0.1) is 0 Å². The van der Waals surface area contributed by atoms with Gasteiger partial charge in [-0.3, -0.25) is 4.79 Å². The second kappa shape index (κ2) is 4.51. The Labute approximate surface area is 70.3 Å². The third kappa shape index (κ3) is 3.03. The molecule has 0 saturated carbocycles. The van der Waals surface area contributed by atoms with Crippen LogP contribution in [0.1, 0.15) is 11.1 Å². The standard InChI is InChI=1S/C9H10O3.Sg/c10-6-8-3-1-7(2-4-8)5-9(11)12;/h1-4,10H,5-6H2,(H,11,12);. The number of carboxylic acids is 1. The predicted octanol–water partition coefficient (Wildman–Crippen LogP) is 0.806. The number of carbonyl (C=O) groups is 1. The molecule has 0 aliphatic rings. The van der Waals surface area contributed by atoms with Crippen molar-refractivity contribution >= 4 is 5.97 Å². The van der Waals surface area contributed by atoms with Gasteiger partial charge in [-0.05, 0) is 11.1 Å². The Morgan fingerprint density at radius 2 is 1.62 bits per heavy atom. The Bertz CT molecular complexity index is 269. The maximum absolute atomic E-state index is 10.3. The van der Waals surface area contributed by atoms with Crippen molar-refractivity contribution in [3.05, 3.63) is 35.4 Å².